The van der Waals surface area contributed by atoms with E-state index in [1.54, 1.807) is 6.92 Å². The average Bonchev–Trinajstić information content (AvgIpc) is 2.74. The Balaban J connectivity index is 1.69. The number of halogens is 2. The zero-order chi connectivity index (χ0) is 23.1. The number of anilines is 1. The van der Waals surface area contributed by atoms with Crippen LogP contribution in [-0.2, 0) is 15.4 Å². The van der Waals surface area contributed by atoms with Gasteiger partial charge in [0.1, 0.15) is 27.6 Å². The molecule has 1 unspecified atom stereocenters. The van der Waals surface area contributed by atoms with Gasteiger partial charge >= 0.3 is 0 Å². The molecule has 1 aliphatic carbocycles. The van der Waals surface area contributed by atoms with E-state index in [-0.39, 0.29) is 28.5 Å². The van der Waals surface area contributed by atoms with E-state index in [1.807, 2.05) is 0 Å². The molecule has 0 saturated heterocycles. The molecule has 1 atom stereocenters. The van der Waals surface area contributed by atoms with Crippen molar-refractivity contribution < 1.29 is 17.6 Å². The number of amidine groups is 1. The number of carbonyl (C=O) groups is 1. The Morgan fingerprint density at radius 1 is 1.19 bits per heavy atom. The van der Waals surface area contributed by atoms with Gasteiger partial charge in [0.25, 0.3) is 5.91 Å². The number of carbonyl (C=O) groups excluding carboxylic acids is 1. The van der Waals surface area contributed by atoms with E-state index in [1.165, 1.54) is 36.5 Å². The van der Waals surface area contributed by atoms with Crippen molar-refractivity contribution >= 4 is 38.9 Å². The number of benzene rings is 1. The van der Waals surface area contributed by atoms with Crippen LogP contribution in [0.15, 0.2) is 41.5 Å². The van der Waals surface area contributed by atoms with Crippen LogP contribution in [0.4, 0.5) is 10.1 Å². The van der Waals surface area contributed by atoms with Crippen molar-refractivity contribution in [3.63, 3.8) is 0 Å². The summed E-state index contributed by atoms with van der Waals surface area (Å²) in [5.41, 5.74) is 5.31. The van der Waals surface area contributed by atoms with E-state index in [4.69, 9.17) is 17.3 Å². The fraction of sp³-hybridized carbons (Fsp3) is 0.409. The third kappa shape index (κ3) is 3.88. The number of nitrogens with two attached hydrogens (primary N) is 1. The predicted octanol–water partition coefficient (Wildman–Crippen LogP) is 3.83. The fourth-order valence-corrected chi connectivity index (χ4v) is 7.24. The Bertz CT molecular complexity index is 1190. The van der Waals surface area contributed by atoms with Crippen molar-refractivity contribution in [2.45, 2.75) is 49.3 Å². The topological polar surface area (TPSA) is 115 Å². The molecule has 0 bridgehead atoms. The lowest BCUT2D eigenvalue weighted by molar-refractivity contribution is 0.102. The normalized spacial score (nSPS) is 24.0. The molecule has 1 aromatic carbocycles. The molecule has 4 rings (SSSR count). The third-order valence-electron chi connectivity index (χ3n) is 6.33. The number of amides is 1. The molecule has 1 spiro atoms. The van der Waals surface area contributed by atoms with Gasteiger partial charge < -0.3 is 11.1 Å². The van der Waals surface area contributed by atoms with Gasteiger partial charge in [-0.3, -0.25) is 9.79 Å². The van der Waals surface area contributed by atoms with Crippen LogP contribution in [-0.4, -0.2) is 35.6 Å². The number of hydrogen-bond donors (Lipinski definition) is 2. The van der Waals surface area contributed by atoms with Crippen LogP contribution < -0.4 is 11.1 Å². The quantitative estimate of drug-likeness (QED) is 0.695. The second-order valence-corrected chi connectivity index (χ2v) is 11.3. The summed E-state index contributed by atoms with van der Waals surface area (Å²) in [7, 11) is -3.68. The first-order chi connectivity index (χ1) is 15.1. The van der Waals surface area contributed by atoms with Crippen molar-refractivity contribution in [1.82, 2.24) is 4.98 Å². The van der Waals surface area contributed by atoms with Crippen LogP contribution in [0.25, 0.3) is 0 Å². The predicted molar refractivity (Wildman–Crippen MR) is 122 cm³/mol. The first-order valence-electron chi connectivity index (χ1n) is 10.4. The van der Waals surface area contributed by atoms with Crippen LogP contribution in [0.1, 0.15) is 55.1 Å². The SMILES string of the molecule is CC1(c2cc(NC(=O)c3ccc(Cl)cn3)ccc2F)CS(=O)(=O)C2(CCCCC2)C(N)=N1. The van der Waals surface area contributed by atoms with Gasteiger partial charge in [0, 0.05) is 17.4 Å². The Kier molecular flexibility index (Phi) is 5.75. The third-order valence-corrected chi connectivity index (χ3v) is 9.30. The summed E-state index contributed by atoms with van der Waals surface area (Å²) >= 11 is 5.80. The molecular weight excluding hydrogens is 455 g/mol. The monoisotopic (exact) mass is 478 g/mol. The largest absolute Gasteiger partial charge is 0.386 e. The van der Waals surface area contributed by atoms with E-state index in [0.29, 0.717) is 17.9 Å². The molecule has 1 saturated carbocycles. The van der Waals surface area contributed by atoms with Gasteiger partial charge in [-0.25, -0.2) is 17.8 Å². The summed E-state index contributed by atoms with van der Waals surface area (Å²) in [5, 5.41) is 3.04. The second-order valence-electron chi connectivity index (χ2n) is 8.60. The van der Waals surface area contributed by atoms with Gasteiger partial charge in [-0.1, -0.05) is 30.9 Å². The van der Waals surface area contributed by atoms with Crippen LogP contribution in [0.2, 0.25) is 5.02 Å². The number of nitrogens with zero attached hydrogens (tertiary/aromatic N) is 2. The number of sulfone groups is 1. The van der Waals surface area contributed by atoms with Gasteiger partial charge in [0.15, 0.2) is 9.84 Å². The molecule has 1 amide bonds. The lowest BCUT2D eigenvalue weighted by Gasteiger charge is -2.43. The molecule has 2 heterocycles. The molecule has 10 heteroatoms. The molecular formula is C22H24ClFN4O3S. The molecule has 1 aromatic heterocycles. The number of aromatic nitrogens is 1. The molecule has 2 aromatic rings. The molecule has 3 N–H and O–H groups in total. The molecule has 1 fully saturated rings. The van der Waals surface area contributed by atoms with Crippen molar-refractivity contribution in [3.05, 3.63) is 58.6 Å². The van der Waals surface area contributed by atoms with Crippen molar-refractivity contribution in [3.8, 4) is 0 Å². The van der Waals surface area contributed by atoms with E-state index in [2.05, 4.69) is 15.3 Å². The summed E-state index contributed by atoms with van der Waals surface area (Å²) < 4.78 is 40.5. The highest BCUT2D eigenvalue weighted by Gasteiger charge is 2.55. The maximum Gasteiger partial charge on any atom is 0.274 e. The summed E-state index contributed by atoms with van der Waals surface area (Å²) in [4.78, 5) is 21.0. The standard InChI is InChI=1S/C22H24ClFN4O3S/c1-21(13-32(30,31)22(20(25)28-21)9-3-2-4-10-22)16-11-15(6-7-17(16)24)27-19(29)18-8-5-14(23)12-26-18/h5-8,11-12H,2-4,9-10,13H2,1H3,(H2,25,28)(H,27,29). The number of hydrogen-bond acceptors (Lipinski definition) is 6. The van der Waals surface area contributed by atoms with Crippen LogP contribution in [0.3, 0.4) is 0 Å². The zero-order valence-electron chi connectivity index (χ0n) is 17.6. The number of rotatable bonds is 3. The summed E-state index contributed by atoms with van der Waals surface area (Å²) in [6.45, 7) is 1.55. The smallest absolute Gasteiger partial charge is 0.274 e. The van der Waals surface area contributed by atoms with Crippen LogP contribution >= 0.6 is 11.6 Å². The average molecular weight is 479 g/mol. The van der Waals surface area contributed by atoms with E-state index >= 15 is 0 Å². The van der Waals surface area contributed by atoms with E-state index < -0.39 is 31.8 Å². The second kappa shape index (κ2) is 8.12. The van der Waals surface area contributed by atoms with Crippen molar-refractivity contribution in [2.24, 2.45) is 10.7 Å². The molecule has 32 heavy (non-hydrogen) atoms. The molecule has 7 nitrogen and oxygen atoms in total. The number of aliphatic imine (C=N–C) groups is 1. The lowest BCUT2D eigenvalue weighted by Crippen LogP contribution is -2.59. The van der Waals surface area contributed by atoms with Gasteiger partial charge in [-0.15, -0.1) is 0 Å². The Labute approximate surface area is 191 Å². The molecule has 1 aliphatic heterocycles. The summed E-state index contributed by atoms with van der Waals surface area (Å²) in [5.74, 6) is -1.44. The van der Waals surface area contributed by atoms with Crippen LogP contribution in [0.5, 0.6) is 0 Å². The minimum absolute atomic E-state index is 0.0464. The summed E-state index contributed by atoms with van der Waals surface area (Å²) in [6.07, 6.45) is 4.71. The van der Waals surface area contributed by atoms with Crippen molar-refractivity contribution in [2.75, 3.05) is 11.1 Å². The minimum Gasteiger partial charge on any atom is -0.386 e. The van der Waals surface area contributed by atoms with E-state index in [9.17, 15) is 17.6 Å². The number of nitrogens with one attached hydrogen (secondary N) is 1. The number of pyridine rings is 1. The molecule has 2 aliphatic rings. The zero-order valence-corrected chi connectivity index (χ0v) is 19.1. The van der Waals surface area contributed by atoms with Gasteiger partial charge in [0.2, 0.25) is 0 Å². The Morgan fingerprint density at radius 2 is 1.91 bits per heavy atom. The first-order valence-corrected chi connectivity index (χ1v) is 12.4. The van der Waals surface area contributed by atoms with Crippen LogP contribution in [0, 0.1) is 5.82 Å². The Hall–Kier alpha value is -2.52. The fourth-order valence-electron chi connectivity index (χ4n) is 4.62. The van der Waals surface area contributed by atoms with Gasteiger partial charge in [-0.05, 0) is 50.1 Å². The molecule has 0 radical (unpaired) electrons. The highest BCUT2D eigenvalue weighted by molar-refractivity contribution is 7.93. The highest BCUT2D eigenvalue weighted by Crippen LogP contribution is 2.44. The van der Waals surface area contributed by atoms with Gasteiger partial charge in [-0.2, -0.15) is 0 Å². The maximum atomic E-state index is 14.9. The maximum absolute atomic E-state index is 14.9. The molecule has 170 valence electrons. The lowest BCUT2D eigenvalue weighted by atomic mass is 9.86. The Morgan fingerprint density at radius 3 is 2.53 bits per heavy atom. The summed E-state index contributed by atoms with van der Waals surface area (Å²) in [6, 6.07) is 6.96. The highest BCUT2D eigenvalue weighted by atomic mass is 35.5. The van der Waals surface area contributed by atoms with E-state index in [0.717, 1.165) is 19.3 Å². The first kappa shape index (κ1) is 22.7. The van der Waals surface area contributed by atoms with Gasteiger partial charge in [0.05, 0.1) is 10.8 Å². The van der Waals surface area contributed by atoms with Crippen molar-refractivity contribution in [1.29, 1.82) is 0 Å². The minimum atomic E-state index is -3.68.